The van der Waals surface area contributed by atoms with Crippen molar-refractivity contribution in [2.45, 2.75) is 82.9 Å². The second-order valence-electron chi connectivity index (χ2n) is 20.0. The molecule has 0 saturated carbocycles. The maximum atomic E-state index is 7.11. The molecule has 6 unspecified atom stereocenters. The summed E-state index contributed by atoms with van der Waals surface area (Å²) in [6.45, 7) is 0.879. The smallest absolute Gasteiger partial charge is 0.175 e. The van der Waals surface area contributed by atoms with E-state index in [2.05, 4.69) is 179 Å². The molecule has 1 fully saturated rings. The Kier molecular flexibility index (Phi) is 10.8. The monoisotopic (exact) mass is 890 g/mol. The lowest BCUT2D eigenvalue weighted by molar-refractivity contribution is -0.606. The molecule has 0 amide bonds. The highest BCUT2D eigenvalue weighted by molar-refractivity contribution is 6.16. The van der Waals surface area contributed by atoms with Gasteiger partial charge in [-0.2, -0.15) is 0 Å². The summed E-state index contributed by atoms with van der Waals surface area (Å²) in [5.74, 6) is 3.97. The largest absolute Gasteiger partial charge is 0.489 e. The van der Waals surface area contributed by atoms with E-state index in [1.54, 1.807) is 0 Å². The number of benzene rings is 3. The van der Waals surface area contributed by atoms with Gasteiger partial charge < -0.3 is 19.9 Å². The van der Waals surface area contributed by atoms with Crippen molar-refractivity contribution in [3.63, 3.8) is 0 Å². The van der Waals surface area contributed by atoms with Crippen LogP contribution in [-0.2, 0) is 11.2 Å². The number of nitrogens with one attached hydrogen (secondary N) is 1. The van der Waals surface area contributed by atoms with E-state index in [0.29, 0.717) is 11.8 Å². The lowest BCUT2D eigenvalue weighted by Gasteiger charge is -2.35. The number of quaternary nitrogens is 1. The van der Waals surface area contributed by atoms with Gasteiger partial charge in [-0.3, -0.25) is 0 Å². The van der Waals surface area contributed by atoms with Gasteiger partial charge in [0.1, 0.15) is 35.8 Å². The van der Waals surface area contributed by atoms with Gasteiger partial charge in [-0.25, -0.2) is 9.98 Å². The van der Waals surface area contributed by atoms with Crippen LogP contribution in [0.3, 0.4) is 0 Å². The van der Waals surface area contributed by atoms with E-state index in [1.807, 2.05) is 0 Å². The van der Waals surface area contributed by atoms with Gasteiger partial charge >= 0.3 is 0 Å². The SMILES string of the molecule is C1=CC(C2=C(C3N=C(C4=CCCCC4)NC(c4ccccc4)=N3)C=C(C3=CC(C4=CCCC=C4)CC(C4=CCCC=C4)C3)C[NH2+]2)C2C(=C1)OC1Cc3c(c4ccccc4n3-c3ccccc3)C=C12. The van der Waals surface area contributed by atoms with Crippen LogP contribution in [0, 0.1) is 23.7 Å². The number of fused-ring (bicyclic) bond motifs is 6. The Morgan fingerprint density at radius 1 is 0.721 bits per heavy atom. The summed E-state index contributed by atoms with van der Waals surface area (Å²) in [6.07, 6.45) is 43.3. The van der Waals surface area contributed by atoms with Crippen molar-refractivity contribution in [3.05, 3.63) is 225 Å². The Bertz CT molecular complexity index is 3120. The van der Waals surface area contributed by atoms with Crippen LogP contribution in [0.2, 0.25) is 0 Å². The lowest BCUT2D eigenvalue weighted by atomic mass is 9.71. The molecule has 3 N–H and O–H groups in total. The normalized spacial score (nSPS) is 27.4. The van der Waals surface area contributed by atoms with Crippen molar-refractivity contribution in [2.24, 2.45) is 33.7 Å². The number of aromatic nitrogens is 1. The minimum Gasteiger partial charge on any atom is -0.489 e. The first-order chi connectivity index (χ1) is 33.7. The second-order valence-corrected chi connectivity index (χ2v) is 20.0. The van der Waals surface area contributed by atoms with Crippen molar-refractivity contribution in [3.8, 4) is 5.69 Å². The zero-order valence-electron chi connectivity index (χ0n) is 38.9. The van der Waals surface area contributed by atoms with Crippen LogP contribution < -0.4 is 10.6 Å². The van der Waals surface area contributed by atoms with Crippen LogP contribution in [-0.4, -0.2) is 35.1 Å². The quantitative estimate of drug-likeness (QED) is 0.185. The fourth-order valence-corrected chi connectivity index (χ4v) is 12.7. The van der Waals surface area contributed by atoms with Gasteiger partial charge in [-0.15, -0.1) is 0 Å². The zero-order valence-corrected chi connectivity index (χ0v) is 38.9. The van der Waals surface area contributed by atoms with Gasteiger partial charge in [0, 0.05) is 45.8 Å². The molecular formula is C62H60N5O+. The van der Waals surface area contributed by atoms with Crippen molar-refractivity contribution < 1.29 is 10.1 Å². The van der Waals surface area contributed by atoms with Gasteiger partial charge in [-0.1, -0.05) is 127 Å². The molecule has 0 bridgehead atoms. The summed E-state index contributed by atoms with van der Waals surface area (Å²) in [5.41, 5.74) is 17.3. The predicted octanol–water partition coefficient (Wildman–Crippen LogP) is 12.2. The van der Waals surface area contributed by atoms with E-state index in [0.717, 1.165) is 87.3 Å². The Morgan fingerprint density at radius 2 is 1.51 bits per heavy atom. The molecular weight excluding hydrogens is 831 g/mol. The number of hydrogen-bond donors (Lipinski definition) is 2. The Labute approximate surface area is 400 Å². The average molecular weight is 891 g/mol. The molecule has 338 valence electrons. The standard InChI is InChI=1S/C62H59N5O/c1-6-19-40(20-7-1)44-33-45(41-21-8-2-9-22-41)35-46(34-44)47-36-53(62-65-60(42-23-10-3-11-24-42)64-61(66-62)43-25-12-4-13-26-43)59(63-39-47)50-30-18-32-56-58(50)52-37-51-49-29-16-17-31-54(49)67(48-27-14-5-15-28-48)55(51)38-57(52)68-56/h3,5-6,8,10-11,14-25,27-32,34,36-37,44-45,50,57-58,62-63H,1-2,4,7,9,12-13,26,33,35,38-39H2,(H,64,65,66)/p+1. The molecule has 3 aromatic carbocycles. The number of rotatable bonds is 8. The number of nitrogens with two attached hydrogens (primary N) is 1. The topological polar surface area (TPSA) is 67.5 Å². The number of para-hydroxylation sites is 2. The van der Waals surface area contributed by atoms with Gasteiger partial charge in [0.25, 0.3) is 0 Å². The molecule has 1 saturated heterocycles. The predicted molar refractivity (Wildman–Crippen MR) is 277 cm³/mol. The molecule has 0 radical (unpaired) electrons. The van der Waals surface area contributed by atoms with Crippen LogP contribution >= 0.6 is 0 Å². The van der Waals surface area contributed by atoms with E-state index in [-0.39, 0.29) is 17.9 Å². The summed E-state index contributed by atoms with van der Waals surface area (Å²) >= 11 is 0. The zero-order chi connectivity index (χ0) is 45.0. The molecule has 13 rings (SSSR count). The van der Waals surface area contributed by atoms with Crippen LogP contribution in [0.1, 0.15) is 81.0 Å². The number of nitrogens with zero attached hydrogens (tertiary/aromatic N) is 3. The van der Waals surface area contributed by atoms with Crippen molar-refractivity contribution in [1.29, 1.82) is 0 Å². The molecule has 6 atom stereocenters. The fraction of sp³-hybridized carbons (Fsp3) is 0.290. The minimum absolute atomic E-state index is 0.0383. The highest BCUT2D eigenvalue weighted by Crippen LogP contribution is 2.51. The van der Waals surface area contributed by atoms with E-state index in [1.165, 1.54) is 85.4 Å². The molecule has 9 aliphatic rings. The fourth-order valence-electron chi connectivity index (χ4n) is 12.7. The number of aliphatic imine (C=N–C) groups is 2. The first-order valence-corrected chi connectivity index (χ1v) is 25.5. The van der Waals surface area contributed by atoms with E-state index < -0.39 is 6.17 Å². The number of hydrogen-bond acceptors (Lipinski definition) is 4. The molecule has 6 heteroatoms. The van der Waals surface area contributed by atoms with Gasteiger partial charge in [-0.05, 0) is 134 Å². The summed E-state index contributed by atoms with van der Waals surface area (Å²) < 4.78 is 9.58. The first kappa shape index (κ1) is 41.4. The Hall–Kier alpha value is -6.76. The molecule has 1 aromatic heterocycles. The molecule has 6 nitrogen and oxygen atoms in total. The lowest BCUT2D eigenvalue weighted by Crippen LogP contribution is -2.85. The van der Waals surface area contributed by atoms with Crippen LogP contribution in [0.15, 0.2) is 218 Å². The third-order valence-electron chi connectivity index (χ3n) is 16.0. The van der Waals surface area contributed by atoms with Gasteiger partial charge in [0.15, 0.2) is 6.17 Å². The Balaban J connectivity index is 0.966. The van der Waals surface area contributed by atoms with E-state index in [9.17, 15) is 0 Å². The highest BCUT2D eigenvalue weighted by Gasteiger charge is 2.48. The van der Waals surface area contributed by atoms with Crippen molar-refractivity contribution >= 4 is 28.7 Å². The number of amidine groups is 2. The highest BCUT2D eigenvalue weighted by atomic mass is 16.5. The summed E-state index contributed by atoms with van der Waals surface area (Å²) in [7, 11) is 0. The summed E-state index contributed by atoms with van der Waals surface area (Å²) in [6, 6.07) is 30.4. The maximum absolute atomic E-state index is 7.11. The molecule has 3 aliphatic heterocycles. The van der Waals surface area contributed by atoms with E-state index >= 15 is 0 Å². The molecule has 0 spiro atoms. The van der Waals surface area contributed by atoms with Crippen molar-refractivity contribution in [1.82, 2.24) is 9.88 Å². The van der Waals surface area contributed by atoms with Crippen LogP contribution in [0.5, 0.6) is 0 Å². The summed E-state index contributed by atoms with van der Waals surface area (Å²) in [5, 5.41) is 7.62. The molecule has 68 heavy (non-hydrogen) atoms. The average Bonchev–Trinajstić information content (AvgIpc) is 3.95. The third kappa shape index (κ3) is 7.54. The molecule has 4 aromatic rings. The first-order valence-electron chi connectivity index (χ1n) is 25.5. The van der Waals surface area contributed by atoms with Gasteiger partial charge in [0.05, 0.1) is 22.9 Å². The van der Waals surface area contributed by atoms with Gasteiger partial charge in [0.2, 0.25) is 0 Å². The molecule has 6 aliphatic carbocycles. The number of allylic oxidation sites excluding steroid dienone is 14. The van der Waals surface area contributed by atoms with E-state index in [4.69, 9.17) is 14.7 Å². The van der Waals surface area contributed by atoms with Crippen LogP contribution in [0.4, 0.5) is 0 Å². The minimum atomic E-state index is -0.411. The number of ether oxygens (including phenoxy) is 1. The van der Waals surface area contributed by atoms with Crippen molar-refractivity contribution in [2.75, 3.05) is 6.54 Å². The second kappa shape index (κ2) is 17.7. The maximum Gasteiger partial charge on any atom is 0.175 e. The Morgan fingerprint density at radius 3 is 2.32 bits per heavy atom. The summed E-state index contributed by atoms with van der Waals surface area (Å²) in [4.78, 5) is 11.3. The molecule has 4 heterocycles. The third-order valence-corrected chi connectivity index (χ3v) is 16.0. The van der Waals surface area contributed by atoms with Crippen LogP contribution in [0.25, 0.3) is 22.7 Å².